The molecule has 0 aliphatic carbocycles. The molecule has 2 atom stereocenters. The number of pyridine rings is 1. The predicted molar refractivity (Wildman–Crippen MR) is 94.5 cm³/mol. The van der Waals surface area contributed by atoms with Crippen LogP contribution in [0, 0.1) is 5.92 Å². The van der Waals surface area contributed by atoms with E-state index in [1.807, 2.05) is 12.1 Å². The highest BCUT2D eigenvalue weighted by atomic mass is 35.5. The lowest BCUT2D eigenvalue weighted by Gasteiger charge is -2.32. The average molecular weight is 351 g/mol. The number of nitrogens with one attached hydrogen (secondary N) is 1. The molecule has 1 aliphatic heterocycles. The van der Waals surface area contributed by atoms with Crippen LogP contribution in [0.25, 0.3) is 0 Å². The number of halogens is 2. The van der Waals surface area contributed by atoms with E-state index in [9.17, 15) is 0 Å². The van der Waals surface area contributed by atoms with E-state index >= 15 is 0 Å². The van der Waals surface area contributed by atoms with Crippen LogP contribution < -0.4 is 10.1 Å². The zero-order valence-corrected chi connectivity index (χ0v) is 14.4. The van der Waals surface area contributed by atoms with Gasteiger partial charge in [-0.15, -0.1) is 0 Å². The van der Waals surface area contributed by atoms with Gasteiger partial charge >= 0.3 is 0 Å². The molecule has 1 saturated heterocycles. The minimum atomic E-state index is 0.503. The lowest BCUT2D eigenvalue weighted by molar-refractivity contribution is 0.227. The molecule has 3 rings (SSSR count). The van der Waals surface area contributed by atoms with Crippen LogP contribution in [0.15, 0.2) is 42.6 Å². The van der Waals surface area contributed by atoms with Crippen LogP contribution >= 0.6 is 23.2 Å². The molecule has 1 aromatic carbocycles. The first-order valence-electron chi connectivity index (χ1n) is 7.93. The Morgan fingerprint density at radius 3 is 2.61 bits per heavy atom. The predicted octanol–water partition coefficient (Wildman–Crippen LogP) is 4.55. The summed E-state index contributed by atoms with van der Waals surface area (Å²) in [6.07, 6.45) is 3.78. The number of aromatic nitrogens is 1. The minimum absolute atomic E-state index is 0.503. The van der Waals surface area contributed by atoms with Crippen molar-refractivity contribution < 1.29 is 4.74 Å². The number of ether oxygens (including phenoxy) is 1. The average Bonchev–Trinajstić information content (AvgIpc) is 2.58. The molecule has 2 heterocycles. The van der Waals surface area contributed by atoms with Crippen LogP contribution in [0.3, 0.4) is 0 Å². The quantitative estimate of drug-likeness (QED) is 0.858. The lowest BCUT2D eigenvalue weighted by Crippen LogP contribution is -2.35. The van der Waals surface area contributed by atoms with Crippen LogP contribution in [0.4, 0.5) is 0 Å². The Kier molecular flexibility index (Phi) is 5.76. The molecule has 1 aromatic heterocycles. The van der Waals surface area contributed by atoms with Crippen molar-refractivity contribution in [2.24, 2.45) is 5.92 Å². The third kappa shape index (κ3) is 4.60. The van der Waals surface area contributed by atoms with Crippen LogP contribution in [0.5, 0.6) is 5.88 Å². The van der Waals surface area contributed by atoms with Crippen LogP contribution in [0.1, 0.15) is 24.3 Å². The Balaban J connectivity index is 1.58. The van der Waals surface area contributed by atoms with Crippen LogP contribution in [0.2, 0.25) is 10.0 Å². The topological polar surface area (TPSA) is 34.1 Å². The molecule has 1 fully saturated rings. The fraction of sp³-hybridized carbons (Fsp3) is 0.389. The van der Waals surface area contributed by atoms with Gasteiger partial charge in [-0.2, -0.15) is 0 Å². The third-order valence-corrected chi connectivity index (χ3v) is 4.84. The molecule has 0 saturated carbocycles. The fourth-order valence-electron chi connectivity index (χ4n) is 3.12. The number of benzene rings is 1. The van der Waals surface area contributed by atoms with Crippen molar-refractivity contribution in [1.29, 1.82) is 0 Å². The first-order valence-corrected chi connectivity index (χ1v) is 8.68. The Hall–Kier alpha value is -1.29. The zero-order valence-electron chi connectivity index (χ0n) is 12.8. The molecule has 122 valence electrons. The monoisotopic (exact) mass is 350 g/mol. The second-order valence-corrected chi connectivity index (χ2v) is 6.74. The highest BCUT2D eigenvalue weighted by Crippen LogP contribution is 2.32. The summed E-state index contributed by atoms with van der Waals surface area (Å²) in [5, 5.41) is 4.90. The van der Waals surface area contributed by atoms with Gasteiger partial charge in [0.05, 0.1) is 11.6 Å². The number of rotatable bonds is 5. The lowest BCUT2D eigenvalue weighted by atomic mass is 9.80. The molecule has 0 unspecified atom stereocenters. The van der Waals surface area contributed by atoms with Gasteiger partial charge in [-0.1, -0.05) is 35.3 Å². The van der Waals surface area contributed by atoms with Gasteiger partial charge in [-0.05, 0) is 55.0 Å². The van der Waals surface area contributed by atoms with Crippen molar-refractivity contribution in [1.82, 2.24) is 10.3 Å². The Morgan fingerprint density at radius 1 is 1.09 bits per heavy atom. The molecular weight excluding hydrogens is 331 g/mol. The number of hydrogen-bond acceptors (Lipinski definition) is 3. The molecule has 3 nitrogen and oxygen atoms in total. The van der Waals surface area contributed by atoms with Crippen molar-refractivity contribution in [2.45, 2.75) is 18.8 Å². The van der Waals surface area contributed by atoms with Gasteiger partial charge < -0.3 is 10.1 Å². The maximum absolute atomic E-state index is 6.00. The Morgan fingerprint density at radius 2 is 1.87 bits per heavy atom. The molecule has 0 radical (unpaired) electrons. The van der Waals surface area contributed by atoms with Gasteiger partial charge in [-0.25, -0.2) is 4.98 Å². The summed E-state index contributed by atoms with van der Waals surface area (Å²) in [5.41, 5.74) is 1.34. The van der Waals surface area contributed by atoms with E-state index in [1.165, 1.54) is 5.56 Å². The highest BCUT2D eigenvalue weighted by molar-refractivity contribution is 6.30. The van der Waals surface area contributed by atoms with Crippen molar-refractivity contribution in [3.05, 3.63) is 58.2 Å². The maximum atomic E-state index is 6.00. The third-order valence-electron chi connectivity index (χ3n) is 4.36. The Labute approximate surface area is 147 Å². The van der Waals surface area contributed by atoms with E-state index < -0.39 is 0 Å². The van der Waals surface area contributed by atoms with E-state index in [2.05, 4.69) is 22.4 Å². The second kappa shape index (κ2) is 8.00. The molecular formula is C18H20Cl2N2O. The van der Waals surface area contributed by atoms with Gasteiger partial charge in [-0.3, -0.25) is 0 Å². The van der Waals surface area contributed by atoms with Crippen molar-refractivity contribution in [2.75, 3.05) is 19.7 Å². The van der Waals surface area contributed by atoms with Gasteiger partial charge in [0.1, 0.15) is 0 Å². The molecule has 1 aliphatic rings. The SMILES string of the molecule is Clc1ccc([C@H]2CNCC[C@H]2CCOc2ccc(Cl)cn2)cc1. The van der Waals surface area contributed by atoms with Gasteiger partial charge in [0.25, 0.3) is 0 Å². The summed E-state index contributed by atoms with van der Waals surface area (Å²) >= 11 is 11.8. The van der Waals surface area contributed by atoms with Gasteiger partial charge in [0.2, 0.25) is 5.88 Å². The maximum Gasteiger partial charge on any atom is 0.213 e. The smallest absolute Gasteiger partial charge is 0.213 e. The standard InChI is InChI=1S/C18H20Cl2N2O/c19-15-3-1-13(2-4-15)17-12-21-9-7-14(17)8-10-23-18-6-5-16(20)11-22-18/h1-6,11,14,17,21H,7-10,12H2/t14-,17+/m0/s1. The van der Waals surface area contributed by atoms with Crippen molar-refractivity contribution in [3.63, 3.8) is 0 Å². The second-order valence-electron chi connectivity index (χ2n) is 5.86. The molecule has 0 bridgehead atoms. The Bertz CT molecular complexity index is 616. The summed E-state index contributed by atoms with van der Waals surface area (Å²) in [5.74, 6) is 1.74. The van der Waals surface area contributed by atoms with Crippen LogP contribution in [-0.2, 0) is 0 Å². The summed E-state index contributed by atoms with van der Waals surface area (Å²) in [6.45, 7) is 2.74. The highest BCUT2D eigenvalue weighted by Gasteiger charge is 2.26. The first-order chi connectivity index (χ1) is 11.2. The van der Waals surface area contributed by atoms with E-state index in [1.54, 1.807) is 18.3 Å². The van der Waals surface area contributed by atoms with E-state index in [0.29, 0.717) is 29.3 Å². The van der Waals surface area contributed by atoms with Crippen molar-refractivity contribution >= 4 is 23.2 Å². The number of piperidine rings is 1. The molecule has 0 spiro atoms. The van der Waals surface area contributed by atoms with E-state index in [-0.39, 0.29) is 0 Å². The summed E-state index contributed by atoms with van der Waals surface area (Å²) in [4.78, 5) is 4.17. The van der Waals surface area contributed by atoms with E-state index in [0.717, 1.165) is 31.0 Å². The van der Waals surface area contributed by atoms with Crippen LogP contribution in [-0.4, -0.2) is 24.7 Å². The molecule has 23 heavy (non-hydrogen) atoms. The van der Waals surface area contributed by atoms with Gasteiger partial charge in [0.15, 0.2) is 0 Å². The molecule has 2 aromatic rings. The normalized spacial score (nSPS) is 21.1. The van der Waals surface area contributed by atoms with Gasteiger partial charge in [0, 0.05) is 23.8 Å². The fourth-order valence-corrected chi connectivity index (χ4v) is 3.36. The van der Waals surface area contributed by atoms with Crippen molar-refractivity contribution in [3.8, 4) is 5.88 Å². The molecule has 5 heteroatoms. The first kappa shape index (κ1) is 16.6. The summed E-state index contributed by atoms with van der Waals surface area (Å²) in [6, 6.07) is 11.8. The number of hydrogen-bond donors (Lipinski definition) is 1. The minimum Gasteiger partial charge on any atom is -0.478 e. The largest absolute Gasteiger partial charge is 0.478 e. The summed E-state index contributed by atoms with van der Waals surface area (Å²) in [7, 11) is 0. The summed E-state index contributed by atoms with van der Waals surface area (Å²) < 4.78 is 5.76. The molecule has 1 N–H and O–H groups in total. The molecule has 0 amide bonds. The van der Waals surface area contributed by atoms with E-state index in [4.69, 9.17) is 27.9 Å². The zero-order chi connectivity index (χ0) is 16.1. The number of nitrogens with zero attached hydrogens (tertiary/aromatic N) is 1.